The molecule has 0 aliphatic carbocycles. The van der Waals surface area contributed by atoms with E-state index >= 15 is 4.39 Å². The number of fused-ring (bicyclic) bond motifs is 1. The molecule has 0 saturated carbocycles. The van der Waals surface area contributed by atoms with Gasteiger partial charge >= 0.3 is 0 Å². The zero-order valence-corrected chi connectivity index (χ0v) is 18.7. The Hall–Kier alpha value is -1.96. The number of unbranched alkanes of at least 4 members (excludes halogenated alkanes) is 2. The maximum Gasteiger partial charge on any atom is 0.175 e. The molecule has 0 spiro atoms. The Balaban J connectivity index is 1.85. The number of nitrogens with one attached hydrogen (secondary N) is 1. The Morgan fingerprint density at radius 1 is 1.28 bits per heavy atom. The van der Waals surface area contributed by atoms with Crippen molar-refractivity contribution < 1.29 is 9.18 Å². The maximum absolute atomic E-state index is 15.2. The molecular weight excluding hydrogens is 459 g/mol. The lowest BCUT2D eigenvalue weighted by Crippen LogP contribution is -2.12. The van der Waals surface area contributed by atoms with Crippen LogP contribution in [0, 0.1) is 5.82 Å². The number of carbonyl (C=O) groups is 1. The summed E-state index contributed by atoms with van der Waals surface area (Å²) < 4.78 is 17.9. The molecule has 0 saturated heterocycles. The number of hydrogen-bond donors (Lipinski definition) is 1. The van der Waals surface area contributed by atoms with Crippen LogP contribution in [0.4, 0.5) is 15.8 Å². The molecule has 2 aromatic carbocycles. The van der Waals surface area contributed by atoms with E-state index in [1.165, 1.54) is 0 Å². The standard InChI is InChI=1S/C21H23BrClFN4O/c1-27(2)8-4-3-5-9-28-13-25-21-18(28)10-14(12-29)20(19(21)24)26-17-7-6-15(22)11-16(17)23/h6-7,10-13,26H,3-5,8-9H2,1-2H3. The van der Waals surface area contributed by atoms with Crippen molar-refractivity contribution in [3.05, 3.63) is 51.5 Å². The number of nitrogens with zero attached hydrogens (tertiary/aromatic N) is 3. The summed E-state index contributed by atoms with van der Waals surface area (Å²) in [6.07, 6.45) is 5.42. The minimum atomic E-state index is -0.560. The highest BCUT2D eigenvalue weighted by Crippen LogP contribution is 2.33. The third kappa shape index (κ3) is 5.15. The van der Waals surface area contributed by atoms with Crippen LogP contribution >= 0.6 is 27.5 Å². The van der Waals surface area contributed by atoms with Crippen molar-refractivity contribution in [3.63, 3.8) is 0 Å². The molecular formula is C21H23BrClFN4O. The van der Waals surface area contributed by atoms with E-state index in [0.29, 0.717) is 22.5 Å². The van der Waals surface area contributed by atoms with Gasteiger partial charge in [0.25, 0.3) is 0 Å². The summed E-state index contributed by atoms with van der Waals surface area (Å²) in [6.45, 7) is 1.77. The number of aryl methyl sites for hydroxylation is 1. The highest BCUT2D eigenvalue weighted by Gasteiger charge is 2.18. The topological polar surface area (TPSA) is 50.2 Å². The minimum absolute atomic E-state index is 0.0768. The van der Waals surface area contributed by atoms with Crippen LogP contribution < -0.4 is 5.32 Å². The van der Waals surface area contributed by atoms with Gasteiger partial charge in [-0.15, -0.1) is 0 Å². The smallest absolute Gasteiger partial charge is 0.175 e. The van der Waals surface area contributed by atoms with Crippen molar-refractivity contribution in [1.82, 2.24) is 14.5 Å². The fourth-order valence-electron chi connectivity index (χ4n) is 3.19. The van der Waals surface area contributed by atoms with Gasteiger partial charge in [0.1, 0.15) is 5.52 Å². The molecule has 8 heteroatoms. The molecule has 0 aliphatic rings. The molecule has 1 N–H and O–H groups in total. The van der Waals surface area contributed by atoms with Crippen LogP contribution in [0.25, 0.3) is 11.0 Å². The first-order chi connectivity index (χ1) is 13.9. The molecule has 5 nitrogen and oxygen atoms in total. The summed E-state index contributed by atoms with van der Waals surface area (Å²) in [6, 6.07) is 6.88. The van der Waals surface area contributed by atoms with E-state index in [1.807, 2.05) is 4.57 Å². The SMILES string of the molecule is CN(C)CCCCCn1cnc2c(F)c(Nc3ccc(Br)cc3Cl)c(C=O)cc21. The number of aldehydes is 1. The molecule has 0 atom stereocenters. The summed E-state index contributed by atoms with van der Waals surface area (Å²) in [4.78, 5) is 18.1. The van der Waals surface area contributed by atoms with Crippen LogP contribution in [0.1, 0.15) is 29.6 Å². The van der Waals surface area contributed by atoms with Crippen LogP contribution in [0.3, 0.4) is 0 Å². The van der Waals surface area contributed by atoms with Crippen molar-refractivity contribution in [2.45, 2.75) is 25.8 Å². The van der Waals surface area contributed by atoms with E-state index in [9.17, 15) is 4.79 Å². The Morgan fingerprint density at radius 2 is 2.07 bits per heavy atom. The van der Waals surface area contributed by atoms with Gasteiger partial charge in [-0.2, -0.15) is 0 Å². The Labute approximate surface area is 183 Å². The van der Waals surface area contributed by atoms with Crippen LogP contribution in [0.5, 0.6) is 0 Å². The number of hydrogen-bond acceptors (Lipinski definition) is 4. The van der Waals surface area contributed by atoms with Gasteiger partial charge in [0.2, 0.25) is 0 Å². The average molecular weight is 482 g/mol. The van der Waals surface area contributed by atoms with Crippen LogP contribution in [-0.4, -0.2) is 41.4 Å². The van der Waals surface area contributed by atoms with Crippen LogP contribution in [0.15, 0.2) is 35.1 Å². The second kappa shape index (κ2) is 9.69. The first-order valence-electron chi connectivity index (χ1n) is 9.40. The molecule has 3 rings (SSSR count). The van der Waals surface area contributed by atoms with Gasteiger partial charge in [-0.25, -0.2) is 9.37 Å². The summed E-state index contributed by atoms with van der Waals surface area (Å²) in [5.41, 5.74) is 1.66. The Bertz CT molecular complexity index is 1020. The second-order valence-electron chi connectivity index (χ2n) is 7.19. The molecule has 0 radical (unpaired) electrons. The van der Waals surface area contributed by atoms with Crippen LogP contribution in [0.2, 0.25) is 5.02 Å². The number of anilines is 2. The van der Waals surface area contributed by atoms with Gasteiger partial charge < -0.3 is 14.8 Å². The number of imidazole rings is 1. The lowest BCUT2D eigenvalue weighted by atomic mass is 10.1. The Morgan fingerprint density at radius 3 is 2.76 bits per heavy atom. The molecule has 154 valence electrons. The van der Waals surface area contributed by atoms with E-state index < -0.39 is 5.82 Å². The number of halogens is 3. The normalized spacial score (nSPS) is 11.4. The number of aromatic nitrogens is 2. The Kier molecular flexibility index (Phi) is 7.27. The van der Waals surface area contributed by atoms with Gasteiger partial charge in [0.05, 0.1) is 28.2 Å². The third-order valence-electron chi connectivity index (χ3n) is 4.71. The van der Waals surface area contributed by atoms with E-state index in [1.54, 1.807) is 30.6 Å². The van der Waals surface area contributed by atoms with Gasteiger partial charge in [0, 0.05) is 16.6 Å². The summed E-state index contributed by atoms with van der Waals surface area (Å²) in [5, 5.41) is 3.36. The van der Waals surface area contributed by atoms with Crippen molar-refractivity contribution in [2.75, 3.05) is 26.0 Å². The quantitative estimate of drug-likeness (QED) is 0.306. The van der Waals surface area contributed by atoms with Gasteiger partial charge in [0.15, 0.2) is 12.1 Å². The second-order valence-corrected chi connectivity index (χ2v) is 8.51. The first-order valence-corrected chi connectivity index (χ1v) is 10.6. The van der Waals surface area contributed by atoms with Crippen molar-refractivity contribution in [1.29, 1.82) is 0 Å². The zero-order chi connectivity index (χ0) is 21.0. The van der Waals surface area contributed by atoms with Crippen LogP contribution in [-0.2, 0) is 6.54 Å². The van der Waals surface area contributed by atoms with Gasteiger partial charge in [-0.3, -0.25) is 4.79 Å². The lowest BCUT2D eigenvalue weighted by Gasteiger charge is -2.13. The first kappa shape index (κ1) is 21.7. The molecule has 3 aromatic rings. The largest absolute Gasteiger partial charge is 0.351 e. The number of carbonyl (C=O) groups excluding carboxylic acids is 1. The summed E-state index contributed by atoms with van der Waals surface area (Å²) >= 11 is 9.57. The fraction of sp³-hybridized carbons (Fsp3) is 0.333. The predicted octanol–water partition coefficient (Wildman–Crippen LogP) is 5.88. The molecule has 0 bridgehead atoms. The monoisotopic (exact) mass is 480 g/mol. The van der Waals surface area contributed by atoms with E-state index in [2.05, 4.69) is 45.2 Å². The molecule has 0 amide bonds. The van der Waals surface area contributed by atoms with Gasteiger partial charge in [-0.1, -0.05) is 34.0 Å². The molecule has 0 unspecified atom stereocenters. The van der Waals surface area contributed by atoms with Crippen molar-refractivity contribution >= 4 is 56.2 Å². The van der Waals surface area contributed by atoms with Gasteiger partial charge in [-0.05, 0) is 57.7 Å². The molecule has 0 aliphatic heterocycles. The van der Waals surface area contributed by atoms with E-state index in [-0.39, 0.29) is 16.8 Å². The predicted molar refractivity (Wildman–Crippen MR) is 120 cm³/mol. The van der Waals surface area contributed by atoms with E-state index in [4.69, 9.17) is 11.6 Å². The highest BCUT2D eigenvalue weighted by atomic mass is 79.9. The van der Waals surface area contributed by atoms with Crippen molar-refractivity contribution in [2.24, 2.45) is 0 Å². The maximum atomic E-state index is 15.2. The van der Waals surface area contributed by atoms with Crippen molar-refractivity contribution in [3.8, 4) is 0 Å². The number of rotatable bonds is 9. The summed E-state index contributed by atoms with van der Waals surface area (Å²) in [5.74, 6) is -0.560. The zero-order valence-electron chi connectivity index (χ0n) is 16.4. The molecule has 29 heavy (non-hydrogen) atoms. The molecule has 0 fully saturated rings. The summed E-state index contributed by atoms with van der Waals surface area (Å²) in [7, 11) is 4.11. The highest BCUT2D eigenvalue weighted by molar-refractivity contribution is 9.10. The molecule has 1 heterocycles. The third-order valence-corrected chi connectivity index (χ3v) is 5.51. The average Bonchev–Trinajstić information content (AvgIpc) is 3.08. The minimum Gasteiger partial charge on any atom is -0.351 e. The van der Waals surface area contributed by atoms with E-state index in [0.717, 1.165) is 36.8 Å². The fourth-order valence-corrected chi connectivity index (χ4v) is 3.91. The lowest BCUT2D eigenvalue weighted by molar-refractivity contribution is 0.112. The molecule has 1 aromatic heterocycles. The number of benzene rings is 2.